The Morgan fingerprint density at radius 2 is 1.55 bits per heavy atom. The van der Waals surface area contributed by atoms with Crippen LogP contribution in [-0.2, 0) is 6.42 Å². The molecule has 0 saturated heterocycles. The molecule has 1 aromatic carbocycles. The largest absolute Gasteiger partial charge is 0.494 e. The van der Waals surface area contributed by atoms with Crippen LogP contribution in [0.4, 0.5) is 0 Å². The fourth-order valence-electron chi connectivity index (χ4n) is 5.78. The van der Waals surface area contributed by atoms with Crippen molar-refractivity contribution in [3.05, 3.63) is 41.5 Å². The number of unbranched alkanes of at least 4 members (excludes halogenated alkanes) is 4. The molecule has 174 valence electrons. The van der Waals surface area contributed by atoms with Crippen LogP contribution in [0.1, 0.15) is 116 Å². The van der Waals surface area contributed by atoms with Crippen LogP contribution in [0.5, 0.6) is 5.75 Å². The molecule has 1 aromatic rings. The average Bonchev–Trinajstić information content (AvgIpc) is 2.83. The van der Waals surface area contributed by atoms with E-state index in [1.165, 1.54) is 108 Å². The van der Waals surface area contributed by atoms with Crippen molar-refractivity contribution in [1.82, 2.24) is 0 Å². The molecule has 2 aliphatic rings. The summed E-state index contributed by atoms with van der Waals surface area (Å²) in [5.74, 6) is 4.07. The minimum Gasteiger partial charge on any atom is -0.494 e. The van der Waals surface area contributed by atoms with Gasteiger partial charge in [-0.3, -0.25) is 0 Å². The van der Waals surface area contributed by atoms with Crippen LogP contribution >= 0.6 is 0 Å². The second-order valence-corrected chi connectivity index (χ2v) is 10.4. The van der Waals surface area contributed by atoms with E-state index in [1.54, 1.807) is 5.57 Å². The van der Waals surface area contributed by atoms with E-state index in [2.05, 4.69) is 44.2 Å². The summed E-state index contributed by atoms with van der Waals surface area (Å²) in [5.41, 5.74) is 3.16. The minimum absolute atomic E-state index is 0.855. The van der Waals surface area contributed by atoms with E-state index >= 15 is 0 Å². The fraction of sp³-hybridized carbons (Fsp3) is 0.733. The molecule has 0 aromatic heterocycles. The lowest BCUT2D eigenvalue weighted by Crippen LogP contribution is -2.23. The highest BCUT2D eigenvalue weighted by Gasteiger charge is 2.28. The number of ether oxygens (including phenoxy) is 1. The van der Waals surface area contributed by atoms with Gasteiger partial charge in [0.05, 0.1) is 6.61 Å². The van der Waals surface area contributed by atoms with E-state index in [1.807, 2.05) is 0 Å². The summed E-state index contributed by atoms with van der Waals surface area (Å²) in [7, 11) is 0. The van der Waals surface area contributed by atoms with Gasteiger partial charge in [0.15, 0.2) is 0 Å². The van der Waals surface area contributed by atoms with E-state index in [4.69, 9.17) is 4.74 Å². The summed E-state index contributed by atoms with van der Waals surface area (Å²) in [6.45, 7) is 5.44. The highest BCUT2D eigenvalue weighted by Crippen LogP contribution is 2.41. The Labute approximate surface area is 193 Å². The van der Waals surface area contributed by atoms with E-state index in [9.17, 15) is 0 Å². The lowest BCUT2D eigenvalue weighted by Gasteiger charge is -2.35. The van der Waals surface area contributed by atoms with Gasteiger partial charge in [0.2, 0.25) is 0 Å². The number of aryl methyl sites for hydroxylation is 1. The van der Waals surface area contributed by atoms with Crippen LogP contribution in [0.2, 0.25) is 0 Å². The summed E-state index contributed by atoms with van der Waals surface area (Å²) >= 11 is 0. The molecule has 1 unspecified atom stereocenters. The van der Waals surface area contributed by atoms with Gasteiger partial charge in [0.25, 0.3) is 0 Å². The number of hydrogen-bond donors (Lipinski definition) is 0. The second kappa shape index (κ2) is 14.0. The molecule has 31 heavy (non-hydrogen) atoms. The molecule has 1 heteroatoms. The lowest BCUT2D eigenvalue weighted by molar-refractivity contribution is 0.185. The number of benzene rings is 1. The van der Waals surface area contributed by atoms with Crippen molar-refractivity contribution in [2.45, 2.75) is 117 Å². The summed E-state index contributed by atoms with van der Waals surface area (Å²) < 4.78 is 5.89. The Bertz CT molecular complexity index is 620. The van der Waals surface area contributed by atoms with E-state index in [0.29, 0.717) is 0 Å². The smallest absolute Gasteiger partial charge is 0.119 e. The maximum absolute atomic E-state index is 5.89. The van der Waals surface area contributed by atoms with Gasteiger partial charge in [-0.05, 0) is 86.8 Å². The molecule has 0 amide bonds. The third kappa shape index (κ3) is 8.66. The van der Waals surface area contributed by atoms with Gasteiger partial charge in [-0.25, -0.2) is 0 Å². The molecule has 1 atom stereocenters. The molecule has 0 aliphatic heterocycles. The number of rotatable bonds is 13. The quantitative estimate of drug-likeness (QED) is 0.226. The maximum Gasteiger partial charge on any atom is 0.119 e. The van der Waals surface area contributed by atoms with Gasteiger partial charge >= 0.3 is 0 Å². The molecule has 1 fully saturated rings. The Morgan fingerprint density at radius 3 is 2.23 bits per heavy atom. The van der Waals surface area contributed by atoms with Crippen molar-refractivity contribution in [1.29, 1.82) is 0 Å². The third-order valence-electron chi connectivity index (χ3n) is 7.99. The van der Waals surface area contributed by atoms with Crippen molar-refractivity contribution < 1.29 is 4.74 Å². The predicted octanol–water partition coefficient (Wildman–Crippen LogP) is 9.30. The second-order valence-electron chi connectivity index (χ2n) is 10.4. The third-order valence-corrected chi connectivity index (χ3v) is 7.99. The Balaban J connectivity index is 1.32. The summed E-state index contributed by atoms with van der Waals surface area (Å²) in [5, 5.41) is 0. The Kier molecular flexibility index (Phi) is 11.0. The standard InChI is InChI=1S/C30H48O/c1-3-5-7-8-24-31-30-22-16-27(17-23-30)11-10-26-14-20-29(21-15-26)28-18-12-25(13-19-28)9-6-4-2/h14,16-17,22-23,25,28-29H,3-13,15,18-21,24H2,1-2H3/t25-,28-,29?. The summed E-state index contributed by atoms with van der Waals surface area (Å²) in [6, 6.07) is 8.86. The van der Waals surface area contributed by atoms with Crippen molar-refractivity contribution in [2.75, 3.05) is 6.61 Å². The normalized spacial score (nSPS) is 24.1. The molecule has 0 spiro atoms. The van der Waals surface area contributed by atoms with E-state index < -0.39 is 0 Å². The van der Waals surface area contributed by atoms with Gasteiger partial charge < -0.3 is 4.74 Å². The summed E-state index contributed by atoms with van der Waals surface area (Å²) in [6.07, 6.45) is 24.6. The average molecular weight is 425 g/mol. The number of hydrogen-bond acceptors (Lipinski definition) is 1. The van der Waals surface area contributed by atoms with Gasteiger partial charge in [0, 0.05) is 0 Å². The molecule has 1 saturated carbocycles. The van der Waals surface area contributed by atoms with Crippen LogP contribution in [0.3, 0.4) is 0 Å². The number of allylic oxidation sites excluding steroid dienone is 2. The zero-order valence-corrected chi connectivity index (χ0v) is 20.5. The molecular weight excluding hydrogens is 376 g/mol. The zero-order chi connectivity index (χ0) is 21.7. The van der Waals surface area contributed by atoms with E-state index in [-0.39, 0.29) is 0 Å². The van der Waals surface area contributed by atoms with Crippen LogP contribution < -0.4 is 4.74 Å². The van der Waals surface area contributed by atoms with Gasteiger partial charge in [0.1, 0.15) is 5.75 Å². The van der Waals surface area contributed by atoms with Crippen molar-refractivity contribution in [2.24, 2.45) is 17.8 Å². The van der Waals surface area contributed by atoms with Crippen LogP contribution in [0.15, 0.2) is 35.9 Å². The highest BCUT2D eigenvalue weighted by molar-refractivity contribution is 5.28. The molecule has 0 bridgehead atoms. The molecule has 0 radical (unpaired) electrons. The van der Waals surface area contributed by atoms with Gasteiger partial charge in [-0.1, -0.05) is 89.0 Å². The SMILES string of the molecule is CCCCCCOc1ccc(CCC2=CCC([C@H]3CC[C@H](CCCC)CC3)CC2)cc1. The predicted molar refractivity (Wildman–Crippen MR) is 135 cm³/mol. The molecular formula is C30H48O. The fourth-order valence-corrected chi connectivity index (χ4v) is 5.78. The minimum atomic E-state index is 0.855. The first-order valence-corrected chi connectivity index (χ1v) is 13.7. The molecule has 0 N–H and O–H groups in total. The maximum atomic E-state index is 5.89. The van der Waals surface area contributed by atoms with Crippen LogP contribution in [0.25, 0.3) is 0 Å². The van der Waals surface area contributed by atoms with Gasteiger partial charge in [-0.15, -0.1) is 0 Å². The topological polar surface area (TPSA) is 9.23 Å². The monoisotopic (exact) mass is 424 g/mol. The first-order valence-electron chi connectivity index (χ1n) is 13.7. The van der Waals surface area contributed by atoms with Crippen molar-refractivity contribution >= 4 is 0 Å². The first-order chi connectivity index (χ1) is 15.3. The van der Waals surface area contributed by atoms with Crippen LogP contribution in [0, 0.1) is 17.8 Å². The van der Waals surface area contributed by atoms with Crippen molar-refractivity contribution in [3.8, 4) is 5.75 Å². The molecule has 3 rings (SSSR count). The lowest BCUT2D eigenvalue weighted by atomic mass is 9.70. The van der Waals surface area contributed by atoms with Gasteiger partial charge in [-0.2, -0.15) is 0 Å². The highest BCUT2D eigenvalue weighted by atomic mass is 16.5. The van der Waals surface area contributed by atoms with Crippen LogP contribution in [-0.4, -0.2) is 6.61 Å². The molecule has 1 nitrogen and oxygen atoms in total. The Hall–Kier alpha value is -1.24. The summed E-state index contributed by atoms with van der Waals surface area (Å²) in [4.78, 5) is 0. The van der Waals surface area contributed by atoms with E-state index in [0.717, 1.165) is 30.1 Å². The first kappa shape index (κ1) is 24.4. The molecule has 2 aliphatic carbocycles. The Morgan fingerprint density at radius 1 is 0.774 bits per heavy atom. The van der Waals surface area contributed by atoms with Crippen molar-refractivity contribution in [3.63, 3.8) is 0 Å². The zero-order valence-electron chi connectivity index (χ0n) is 20.5. The molecule has 0 heterocycles.